The predicted octanol–water partition coefficient (Wildman–Crippen LogP) is 2.31. The molecule has 2 amide bonds. The number of halogens is 1. The summed E-state index contributed by atoms with van der Waals surface area (Å²) < 4.78 is 0. The fraction of sp³-hybridized carbons (Fsp3) is 0.350. The van der Waals surface area contributed by atoms with Crippen molar-refractivity contribution in [1.82, 2.24) is 20.6 Å². The van der Waals surface area contributed by atoms with E-state index < -0.39 is 5.91 Å². The first-order chi connectivity index (χ1) is 14.8. The first kappa shape index (κ1) is 23.9. The Morgan fingerprint density at radius 3 is 2.48 bits per heavy atom. The van der Waals surface area contributed by atoms with Gasteiger partial charge in [-0.3, -0.25) is 20.3 Å². The molecule has 0 saturated heterocycles. The van der Waals surface area contributed by atoms with Crippen LogP contribution in [0.3, 0.4) is 0 Å². The molecule has 1 heterocycles. The minimum Gasteiger partial charge on any atom is -0.382 e. The summed E-state index contributed by atoms with van der Waals surface area (Å²) in [4.78, 5) is 31.3. The van der Waals surface area contributed by atoms with Gasteiger partial charge in [0.2, 0.25) is 5.91 Å². The molecule has 1 aromatic carbocycles. The van der Waals surface area contributed by atoms with Gasteiger partial charge in [0.25, 0.3) is 5.91 Å². The fourth-order valence-electron chi connectivity index (χ4n) is 2.70. The number of unbranched alkanes of at least 4 members (excludes halogenated alkanes) is 1. The van der Waals surface area contributed by atoms with Gasteiger partial charge in [-0.2, -0.15) is 0 Å². The second kappa shape index (κ2) is 11.7. The van der Waals surface area contributed by atoms with E-state index in [9.17, 15) is 9.59 Å². The van der Waals surface area contributed by atoms with E-state index in [-0.39, 0.29) is 34.3 Å². The molecule has 31 heavy (non-hydrogen) atoms. The number of carbonyl (C=O) groups excluding carboxylic acids is 2. The lowest BCUT2D eigenvalue weighted by Gasteiger charge is -2.10. The summed E-state index contributed by atoms with van der Waals surface area (Å²) in [7, 11) is 0. The minimum atomic E-state index is -0.699. The van der Waals surface area contributed by atoms with E-state index in [2.05, 4.69) is 25.9 Å². The van der Waals surface area contributed by atoms with Gasteiger partial charge in [0.1, 0.15) is 0 Å². The number of nitrogen functional groups attached to an aromatic ring is 2. The van der Waals surface area contributed by atoms with E-state index in [0.717, 1.165) is 36.9 Å². The fourth-order valence-corrected chi connectivity index (χ4v) is 2.83. The molecular formula is C20H27ClN8O2. The van der Waals surface area contributed by atoms with E-state index in [4.69, 9.17) is 28.5 Å². The highest BCUT2D eigenvalue weighted by Crippen LogP contribution is 2.17. The zero-order valence-corrected chi connectivity index (χ0v) is 18.1. The highest BCUT2D eigenvalue weighted by molar-refractivity contribution is 6.31. The Bertz CT molecular complexity index is 934. The third-order valence-electron chi connectivity index (χ3n) is 4.27. The van der Waals surface area contributed by atoms with E-state index in [0.29, 0.717) is 13.0 Å². The second-order valence-electron chi connectivity index (χ2n) is 6.84. The molecule has 2 aromatic rings. The van der Waals surface area contributed by atoms with E-state index in [1.165, 1.54) is 0 Å². The molecule has 2 rings (SSSR count). The number of nitrogens with zero attached hydrogens (tertiary/aromatic N) is 2. The summed E-state index contributed by atoms with van der Waals surface area (Å²) in [5, 5.41) is 15.7. The van der Waals surface area contributed by atoms with Crippen LogP contribution in [0.1, 0.15) is 48.7 Å². The van der Waals surface area contributed by atoms with Gasteiger partial charge in [0.05, 0.1) is 0 Å². The van der Waals surface area contributed by atoms with Gasteiger partial charge in [-0.05, 0) is 43.4 Å². The molecule has 8 N–H and O–H groups in total. The van der Waals surface area contributed by atoms with E-state index in [1.807, 2.05) is 31.2 Å². The number of aryl methyl sites for hydroxylation is 1. The van der Waals surface area contributed by atoms with Crippen molar-refractivity contribution in [1.29, 1.82) is 5.41 Å². The van der Waals surface area contributed by atoms with E-state index >= 15 is 0 Å². The molecule has 0 aliphatic rings. The molecule has 166 valence electrons. The third-order valence-corrected chi connectivity index (χ3v) is 4.55. The highest BCUT2D eigenvalue weighted by atomic mass is 35.5. The molecular weight excluding hydrogens is 420 g/mol. The number of amides is 2. The maximum absolute atomic E-state index is 12.1. The lowest BCUT2D eigenvalue weighted by Crippen LogP contribution is -2.41. The van der Waals surface area contributed by atoms with Gasteiger partial charge >= 0.3 is 0 Å². The molecule has 0 atom stereocenters. The molecule has 0 spiro atoms. The van der Waals surface area contributed by atoms with Gasteiger partial charge in [-0.25, -0.2) is 9.97 Å². The van der Waals surface area contributed by atoms with Crippen molar-refractivity contribution in [2.24, 2.45) is 0 Å². The van der Waals surface area contributed by atoms with Crippen molar-refractivity contribution in [3.63, 3.8) is 0 Å². The van der Waals surface area contributed by atoms with Crippen molar-refractivity contribution in [2.45, 2.75) is 39.0 Å². The normalized spacial score (nSPS) is 10.4. The number of carbonyl (C=O) groups is 2. The topological polar surface area (TPSA) is 172 Å². The van der Waals surface area contributed by atoms with Crippen molar-refractivity contribution in [3.8, 4) is 0 Å². The number of guanidine groups is 1. The number of hydrogen-bond donors (Lipinski definition) is 6. The molecule has 0 aliphatic carbocycles. The SMILES string of the molecule is CCCC(=O)Nc1ccc(CCCCNC(=N)NC(=O)c2nc(Cl)c(N)nc2N)cc1. The van der Waals surface area contributed by atoms with Crippen LogP contribution in [0.5, 0.6) is 0 Å². The smallest absolute Gasteiger partial charge is 0.280 e. The zero-order chi connectivity index (χ0) is 22.8. The number of anilines is 3. The maximum Gasteiger partial charge on any atom is 0.280 e. The summed E-state index contributed by atoms with van der Waals surface area (Å²) in [6, 6.07) is 7.76. The second-order valence-corrected chi connectivity index (χ2v) is 7.20. The van der Waals surface area contributed by atoms with Crippen LogP contribution in [0.25, 0.3) is 0 Å². The van der Waals surface area contributed by atoms with E-state index in [1.54, 1.807) is 0 Å². The van der Waals surface area contributed by atoms with Gasteiger partial charge < -0.3 is 22.1 Å². The van der Waals surface area contributed by atoms with Crippen LogP contribution in [0, 0.1) is 5.41 Å². The van der Waals surface area contributed by atoms with Crippen LogP contribution in [0.4, 0.5) is 17.3 Å². The maximum atomic E-state index is 12.1. The van der Waals surface area contributed by atoms with Gasteiger partial charge in [0, 0.05) is 18.7 Å². The lowest BCUT2D eigenvalue weighted by atomic mass is 10.1. The molecule has 0 aliphatic heterocycles. The average Bonchev–Trinajstić information content (AvgIpc) is 2.71. The van der Waals surface area contributed by atoms with Crippen molar-refractivity contribution >= 4 is 46.7 Å². The molecule has 1 aromatic heterocycles. The molecule has 0 bridgehead atoms. The number of aromatic nitrogens is 2. The minimum absolute atomic E-state index is 0.0186. The zero-order valence-electron chi connectivity index (χ0n) is 17.3. The molecule has 0 unspecified atom stereocenters. The first-order valence-corrected chi connectivity index (χ1v) is 10.3. The number of hydrogen-bond acceptors (Lipinski definition) is 7. The van der Waals surface area contributed by atoms with Crippen molar-refractivity contribution in [2.75, 3.05) is 23.3 Å². The average molecular weight is 447 g/mol. The summed E-state index contributed by atoms with van der Waals surface area (Å²) >= 11 is 5.76. The van der Waals surface area contributed by atoms with Crippen LogP contribution < -0.4 is 27.4 Å². The van der Waals surface area contributed by atoms with Crippen molar-refractivity contribution < 1.29 is 9.59 Å². The van der Waals surface area contributed by atoms with Gasteiger partial charge in [-0.15, -0.1) is 0 Å². The summed E-state index contributed by atoms with van der Waals surface area (Å²) in [5.74, 6) is -1.09. The van der Waals surface area contributed by atoms with Gasteiger partial charge in [-0.1, -0.05) is 30.7 Å². The molecule has 10 nitrogen and oxygen atoms in total. The van der Waals surface area contributed by atoms with Crippen LogP contribution in [-0.2, 0) is 11.2 Å². The molecule has 0 fully saturated rings. The number of nitrogens with two attached hydrogens (primary N) is 2. The number of benzene rings is 1. The molecule has 0 saturated carbocycles. The first-order valence-electron chi connectivity index (χ1n) is 9.91. The predicted molar refractivity (Wildman–Crippen MR) is 122 cm³/mol. The van der Waals surface area contributed by atoms with Crippen LogP contribution in [0.2, 0.25) is 5.15 Å². The summed E-state index contributed by atoms with van der Waals surface area (Å²) in [6.45, 7) is 2.47. The standard InChI is InChI=1S/C20H27ClN8O2/c1-2-5-14(30)26-13-9-7-12(8-10-13)6-3-4-11-25-20(24)29-19(31)15-17(22)28-18(23)16(21)27-15/h7-10H,2-6,11H2,1H3,(H,26,30)(H4,22,23,28)(H3,24,25,29,31). The third kappa shape index (κ3) is 7.74. The monoisotopic (exact) mass is 446 g/mol. The Kier molecular flexibility index (Phi) is 9.01. The molecule has 0 radical (unpaired) electrons. The Morgan fingerprint density at radius 2 is 1.81 bits per heavy atom. The quantitative estimate of drug-likeness (QED) is 0.195. The van der Waals surface area contributed by atoms with Crippen LogP contribution in [0.15, 0.2) is 24.3 Å². The largest absolute Gasteiger partial charge is 0.382 e. The summed E-state index contributed by atoms with van der Waals surface area (Å²) in [6.07, 6.45) is 3.88. The Labute approximate surface area is 185 Å². The Balaban J connectivity index is 1.68. The number of nitrogens with one attached hydrogen (secondary N) is 4. The van der Waals surface area contributed by atoms with Gasteiger partial charge in [0.15, 0.2) is 28.4 Å². The van der Waals surface area contributed by atoms with Crippen molar-refractivity contribution in [3.05, 3.63) is 40.7 Å². The lowest BCUT2D eigenvalue weighted by molar-refractivity contribution is -0.116. The Hall–Kier alpha value is -3.40. The molecule has 11 heteroatoms. The Morgan fingerprint density at radius 1 is 1.10 bits per heavy atom. The number of rotatable bonds is 9. The summed E-state index contributed by atoms with van der Waals surface area (Å²) in [5.41, 5.74) is 12.9. The van der Waals surface area contributed by atoms with Crippen LogP contribution >= 0.6 is 11.6 Å². The van der Waals surface area contributed by atoms with Crippen LogP contribution in [-0.4, -0.2) is 34.3 Å². The highest BCUT2D eigenvalue weighted by Gasteiger charge is 2.16.